The van der Waals surface area contributed by atoms with Crippen LogP contribution in [0, 0.1) is 0 Å². The number of H-pyrrole nitrogens is 2. The molecule has 13 nitrogen and oxygen atoms in total. The van der Waals surface area contributed by atoms with E-state index in [2.05, 4.69) is 20.4 Å². The summed E-state index contributed by atoms with van der Waals surface area (Å²) in [7, 11) is 4.89. The molecule has 4 heterocycles. The molecule has 6 aromatic rings. The Hall–Kier alpha value is -6.47. The van der Waals surface area contributed by atoms with Gasteiger partial charge in [0, 0.05) is 102 Å². The molecule has 0 radical (unpaired) electrons. The van der Waals surface area contributed by atoms with Gasteiger partial charge in [0.05, 0.1) is 33.7 Å². The lowest BCUT2D eigenvalue weighted by atomic mass is 10.1. The summed E-state index contributed by atoms with van der Waals surface area (Å²) in [5.74, 6) is 2.20. The van der Waals surface area contributed by atoms with Crippen molar-refractivity contribution in [3.05, 3.63) is 126 Å². The van der Waals surface area contributed by atoms with Crippen LogP contribution >= 0.6 is 11.6 Å². The highest BCUT2D eigenvalue weighted by Gasteiger charge is 2.31. The summed E-state index contributed by atoms with van der Waals surface area (Å²) in [6.45, 7) is 3.63. The Morgan fingerprint density at radius 2 is 1.20 bits per heavy atom. The second-order valence-corrected chi connectivity index (χ2v) is 13.3. The van der Waals surface area contributed by atoms with E-state index in [9.17, 15) is 9.59 Å². The molecule has 0 atom stereocenters. The van der Waals surface area contributed by atoms with Crippen LogP contribution in [0.4, 0.5) is 21.0 Å². The standard InChI is InChI=1S/C21H22N4O3.C20H19ClN4O2/c1-27-18-5-3-4-15(10-18)14-24-8-9-25(21(24)26)17-6-7-19(20(11-17)28-2)16-12-22-23-13-16;1-27-19-10-16(6-7-17(19)15-11-22-23-12-15)25-9-8-24(20(25)26)13-14-4-2-3-5-18(14)21/h3-7,10-13H,8-9,14H2,1-2H3,(H,22,23);2-7,10-12H,8-9,13H2,1H3,(H,22,23). The van der Waals surface area contributed by atoms with Gasteiger partial charge in [0.15, 0.2) is 0 Å². The Balaban J connectivity index is 0.000000169. The van der Waals surface area contributed by atoms with Crippen molar-refractivity contribution < 1.29 is 23.8 Å². The number of nitrogens with zero attached hydrogens (tertiary/aromatic N) is 6. The predicted octanol–water partition coefficient (Wildman–Crippen LogP) is 7.72. The van der Waals surface area contributed by atoms with E-state index in [1.165, 1.54) is 0 Å². The lowest BCUT2D eigenvalue weighted by Crippen LogP contribution is -2.31. The molecule has 0 unspecified atom stereocenters. The number of methoxy groups -OCH3 is 3. The van der Waals surface area contributed by atoms with Gasteiger partial charge in [-0.15, -0.1) is 0 Å². The number of anilines is 2. The summed E-state index contributed by atoms with van der Waals surface area (Å²) in [6.07, 6.45) is 7.11. The summed E-state index contributed by atoms with van der Waals surface area (Å²) in [6, 6.07) is 26.9. The van der Waals surface area contributed by atoms with Crippen molar-refractivity contribution in [3.8, 4) is 39.5 Å². The number of urea groups is 2. The average molecular weight is 761 g/mol. The number of aromatic nitrogens is 4. The van der Waals surface area contributed by atoms with Gasteiger partial charge in [0.25, 0.3) is 0 Å². The molecule has 2 aliphatic rings. The fraction of sp³-hybridized carbons (Fsp3) is 0.220. The van der Waals surface area contributed by atoms with E-state index in [-0.39, 0.29) is 12.1 Å². The second-order valence-electron chi connectivity index (χ2n) is 12.9. The third-order valence-electron chi connectivity index (χ3n) is 9.63. The van der Waals surface area contributed by atoms with Crippen molar-refractivity contribution in [2.75, 3.05) is 57.3 Å². The molecule has 14 heteroatoms. The minimum absolute atomic E-state index is 0.0130. The van der Waals surface area contributed by atoms with Crippen LogP contribution in [-0.2, 0) is 13.1 Å². The summed E-state index contributed by atoms with van der Waals surface area (Å²) in [4.78, 5) is 33.0. The minimum Gasteiger partial charge on any atom is -0.497 e. The van der Waals surface area contributed by atoms with E-state index in [1.807, 2.05) is 102 Å². The first kappa shape index (κ1) is 36.9. The Morgan fingerprint density at radius 1 is 0.636 bits per heavy atom. The van der Waals surface area contributed by atoms with Gasteiger partial charge in [-0.3, -0.25) is 20.0 Å². The summed E-state index contributed by atoms with van der Waals surface area (Å²) >= 11 is 6.23. The highest BCUT2D eigenvalue weighted by molar-refractivity contribution is 6.31. The first-order valence-electron chi connectivity index (χ1n) is 17.7. The Bertz CT molecular complexity index is 2250. The van der Waals surface area contributed by atoms with Gasteiger partial charge >= 0.3 is 12.1 Å². The molecule has 0 aliphatic carbocycles. The first-order valence-corrected chi connectivity index (χ1v) is 18.1. The SMILES string of the molecule is COc1cc(N2CCN(Cc3ccccc3Cl)C2=O)ccc1-c1cn[nH]c1.COc1cccc(CN2CCN(c3ccc(-c4cn[nH]c4)c(OC)c3)C2=O)c1. The van der Waals surface area contributed by atoms with Gasteiger partial charge in [-0.25, -0.2) is 9.59 Å². The van der Waals surface area contributed by atoms with Crippen molar-refractivity contribution >= 4 is 35.0 Å². The molecule has 4 amide bonds. The number of carbonyl (C=O) groups is 2. The van der Waals surface area contributed by atoms with Gasteiger partial charge < -0.3 is 24.0 Å². The molecular formula is C41H41ClN8O5. The summed E-state index contributed by atoms with van der Waals surface area (Å²) in [5, 5.41) is 14.3. The Labute approximate surface area is 324 Å². The first-order chi connectivity index (χ1) is 26.9. The van der Waals surface area contributed by atoms with Gasteiger partial charge in [-0.1, -0.05) is 41.9 Å². The largest absolute Gasteiger partial charge is 0.497 e. The van der Waals surface area contributed by atoms with E-state index < -0.39 is 0 Å². The molecule has 0 saturated carbocycles. The summed E-state index contributed by atoms with van der Waals surface area (Å²) in [5.41, 5.74) is 7.36. The van der Waals surface area contributed by atoms with Crippen LogP contribution in [0.2, 0.25) is 5.02 Å². The number of nitrogens with one attached hydrogen (secondary N) is 2. The zero-order chi connectivity index (χ0) is 38.3. The second kappa shape index (κ2) is 16.7. The van der Waals surface area contributed by atoms with Crippen LogP contribution in [0.15, 0.2) is 110 Å². The Morgan fingerprint density at radius 3 is 1.71 bits per heavy atom. The lowest BCUT2D eigenvalue weighted by Gasteiger charge is -2.20. The quantitative estimate of drug-likeness (QED) is 0.138. The van der Waals surface area contributed by atoms with E-state index in [1.54, 1.807) is 48.4 Å². The number of carbonyl (C=O) groups excluding carboxylic acids is 2. The zero-order valence-corrected chi connectivity index (χ0v) is 31.5. The molecule has 2 aromatic heterocycles. The molecule has 55 heavy (non-hydrogen) atoms. The molecule has 0 spiro atoms. The molecule has 4 aromatic carbocycles. The van der Waals surface area contributed by atoms with Gasteiger partial charge in [0.1, 0.15) is 17.2 Å². The highest BCUT2D eigenvalue weighted by atomic mass is 35.5. The molecule has 2 N–H and O–H groups in total. The number of ether oxygens (including phenoxy) is 3. The van der Waals surface area contributed by atoms with Crippen molar-refractivity contribution in [1.82, 2.24) is 30.2 Å². The smallest absolute Gasteiger partial charge is 0.324 e. The van der Waals surface area contributed by atoms with Crippen molar-refractivity contribution in [2.45, 2.75) is 13.1 Å². The highest BCUT2D eigenvalue weighted by Crippen LogP contribution is 2.36. The number of amides is 4. The summed E-state index contributed by atoms with van der Waals surface area (Å²) < 4.78 is 16.3. The third-order valence-corrected chi connectivity index (χ3v) is 10.00. The Kier molecular flexibility index (Phi) is 11.2. The monoisotopic (exact) mass is 760 g/mol. The molecule has 2 aliphatic heterocycles. The minimum atomic E-state index is -0.0342. The van der Waals surface area contributed by atoms with E-state index >= 15 is 0 Å². The number of benzene rings is 4. The maximum Gasteiger partial charge on any atom is 0.324 e. The van der Waals surface area contributed by atoms with Crippen LogP contribution in [-0.4, -0.2) is 89.8 Å². The van der Waals surface area contributed by atoms with E-state index in [0.29, 0.717) is 55.8 Å². The number of rotatable bonds is 11. The fourth-order valence-electron chi connectivity index (χ4n) is 6.73. The van der Waals surface area contributed by atoms with Crippen LogP contribution in [0.1, 0.15) is 11.1 Å². The fourth-order valence-corrected chi connectivity index (χ4v) is 6.93. The molecular weight excluding hydrogens is 720 g/mol. The number of halogens is 1. The number of hydrogen-bond donors (Lipinski definition) is 2. The van der Waals surface area contributed by atoms with Gasteiger partial charge in [0.2, 0.25) is 0 Å². The topological polar surface area (TPSA) is 132 Å². The van der Waals surface area contributed by atoms with Crippen molar-refractivity contribution in [2.24, 2.45) is 0 Å². The van der Waals surface area contributed by atoms with Crippen LogP contribution in [0.25, 0.3) is 22.3 Å². The van der Waals surface area contributed by atoms with E-state index in [0.717, 1.165) is 50.5 Å². The zero-order valence-electron chi connectivity index (χ0n) is 30.7. The lowest BCUT2D eigenvalue weighted by molar-refractivity contribution is 0.218. The molecule has 0 bridgehead atoms. The average Bonchev–Trinajstić information content (AvgIpc) is 4.06. The molecule has 2 fully saturated rings. The van der Waals surface area contributed by atoms with Gasteiger partial charge in [-0.2, -0.15) is 10.2 Å². The normalized spacial score (nSPS) is 14.0. The van der Waals surface area contributed by atoms with Crippen LogP contribution in [0.5, 0.6) is 17.2 Å². The number of aromatic amines is 2. The molecule has 8 rings (SSSR count). The van der Waals surface area contributed by atoms with Crippen molar-refractivity contribution in [1.29, 1.82) is 0 Å². The molecule has 2 saturated heterocycles. The van der Waals surface area contributed by atoms with Gasteiger partial charge in [-0.05, 0) is 53.6 Å². The van der Waals surface area contributed by atoms with Crippen LogP contribution < -0.4 is 24.0 Å². The molecule has 282 valence electrons. The third kappa shape index (κ3) is 8.06. The predicted molar refractivity (Wildman–Crippen MR) is 212 cm³/mol. The van der Waals surface area contributed by atoms with E-state index in [4.69, 9.17) is 25.8 Å². The van der Waals surface area contributed by atoms with Crippen molar-refractivity contribution in [3.63, 3.8) is 0 Å². The maximum absolute atomic E-state index is 12.9. The number of hydrogen-bond acceptors (Lipinski definition) is 7. The van der Waals surface area contributed by atoms with Crippen LogP contribution in [0.3, 0.4) is 0 Å². The maximum atomic E-state index is 12.9.